The molecule has 114 valence electrons. The molecule has 21 heavy (non-hydrogen) atoms. The number of nitrogens with one attached hydrogen (secondary N) is 1. The summed E-state index contributed by atoms with van der Waals surface area (Å²) in [5.74, 6) is 0.792. The van der Waals surface area contributed by atoms with Crippen molar-refractivity contribution in [2.24, 2.45) is 7.05 Å². The molecule has 7 heteroatoms. The van der Waals surface area contributed by atoms with Crippen molar-refractivity contribution >= 4 is 11.8 Å². The molecule has 0 radical (unpaired) electrons. The Morgan fingerprint density at radius 1 is 1.33 bits per heavy atom. The number of carbonyl (C=O) groups is 2. The second-order valence-electron chi connectivity index (χ2n) is 5.86. The van der Waals surface area contributed by atoms with Gasteiger partial charge in [-0.1, -0.05) is 12.8 Å². The van der Waals surface area contributed by atoms with Crippen LogP contribution in [0.1, 0.15) is 37.9 Å². The van der Waals surface area contributed by atoms with Crippen LogP contribution < -0.4 is 5.32 Å². The van der Waals surface area contributed by atoms with Crippen molar-refractivity contribution in [2.75, 3.05) is 6.54 Å². The number of aryl methyl sites for hydroxylation is 1. The van der Waals surface area contributed by atoms with Crippen molar-refractivity contribution in [3.63, 3.8) is 0 Å². The lowest BCUT2D eigenvalue weighted by Gasteiger charge is -2.22. The predicted molar refractivity (Wildman–Crippen MR) is 75.2 cm³/mol. The molecular weight excluding hydrogens is 270 g/mol. The van der Waals surface area contributed by atoms with Crippen molar-refractivity contribution in [1.82, 2.24) is 25.0 Å². The summed E-state index contributed by atoms with van der Waals surface area (Å²) in [5.41, 5.74) is 0. The molecule has 0 aromatic carbocycles. The number of likely N-dealkylation sites (tertiary alicyclic amines) is 1. The van der Waals surface area contributed by atoms with Crippen molar-refractivity contribution in [3.05, 3.63) is 12.2 Å². The quantitative estimate of drug-likeness (QED) is 0.773. The first-order valence-corrected chi connectivity index (χ1v) is 7.59. The topological polar surface area (TPSA) is 80.1 Å². The van der Waals surface area contributed by atoms with Gasteiger partial charge in [0.25, 0.3) is 0 Å². The van der Waals surface area contributed by atoms with Crippen LogP contribution in [0.15, 0.2) is 6.33 Å². The Morgan fingerprint density at radius 2 is 2.10 bits per heavy atom. The fourth-order valence-electron chi connectivity index (χ4n) is 3.25. The Labute approximate surface area is 123 Å². The number of rotatable bonds is 5. The van der Waals surface area contributed by atoms with Gasteiger partial charge >= 0.3 is 0 Å². The summed E-state index contributed by atoms with van der Waals surface area (Å²) < 4.78 is 1.86. The van der Waals surface area contributed by atoms with Crippen molar-refractivity contribution < 1.29 is 9.59 Å². The highest BCUT2D eigenvalue weighted by Gasteiger charge is 2.42. The van der Waals surface area contributed by atoms with Gasteiger partial charge in [-0.15, -0.1) is 10.2 Å². The number of hydrogen-bond donors (Lipinski definition) is 1. The van der Waals surface area contributed by atoms with Crippen molar-refractivity contribution in [3.8, 4) is 0 Å². The summed E-state index contributed by atoms with van der Waals surface area (Å²) in [6.45, 7) is 0.620. The summed E-state index contributed by atoms with van der Waals surface area (Å²) in [6.07, 6.45) is 6.79. The van der Waals surface area contributed by atoms with E-state index in [0.29, 0.717) is 13.0 Å². The van der Waals surface area contributed by atoms with Crippen LogP contribution in [0.3, 0.4) is 0 Å². The molecule has 2 amide bonds. The molecule has 1 N–H and O–H groups in total. The zero-order valence-corrected chi connectivity index (χ0v) is 12.3. The Morgan fingerprint density at radius 3 is 2.76 bits per heavy atom. The molecule has 1 aliphatic carbocycles. The lowest BCUT2D eigenvalue weighted by atomic mass is 10.2. The standard InChI is InChI=1S/C14H21N5O2/c1-18-9-16-17-12(18)6-7-15-11-8-13(20)19(14(11)21)10-4-2-3-5-10/h9-11,15H,2-8H2,1H3. The largest absolute Gasteiger partial charge is 0.321 e. The van der Waals surface area contributed by atoms with Gasteiger partial charge in [-0.2, -0.15) is 0 Å². The molecule has 1 saturated heterocycles. The van der Waals surface area contributed by atoms with Crippen LogP contribution in [0, 0.1) is 0 Å². The first kappa shape index (κ1) is 14.2. The third-order valence-corrected chi connectivity index (χ3v) is 4.42. The third-order valence-electron chi connectivity index (χ3n) is 4.42. The Hall–Kier alpha value is -1.76. The number of hydrogen-bond acceptors (Lipinski definition) is 5. The van der Waals surface area contributed by atoms with Gasteiger partial charge in [-0.3, -0.25) is 14.5 Å². The zero-order chi connectivity index (χ0) is 14.8. The van der Waals surface area contributed by atoms with Crippen LogP contribution in [0.2, 0.25) is 0 Å². The smallest absolute Gasteiger partial charge is 0.247 e. The van der Waals surface area contributed by atoms with Gasteiger partial charge in [0.1, 0.15) is 12.2 Å². The maximum atomic E-state index is 12.4. The summed E-state index contributed by atoms with van der Waals surface area (Å²) in [5, 5.41) is 11.0. The van der Waals surface area contributed by atoms with E-state index in [1.165, 1.54) is 4.90 Å². The van der Waals surface area contributed by atoms with E-state index >= 15 is 0 Å². The second kappa shape index (κ2) is 5.93. The summed E-state index contributed by atoms with van der Waals surface area (Å²) >= 11 is 0. The fraction of sp³-hybridized carbons (Fsp3) is 0.714. The van der Waals surface area contributed by atoms with E-state index in [4.69, 9.17) is 0 Å². The molecule has 2 heterocycles. The molecule has 2 fully saturated rings. The SMILES string of the molecule is Cn1cnnc1CCNC1CC(=O)N(C2CCCC2)C1=O. The van der Waals surface area contributed by atoms with Crippen LogP contribution >= 0.6 is 0 Å². The van der Waals surface area contributed by atoms with Gasteiger partial charge in [0, 0.05) is 26.1 Å². The van der Waals surface area contributed by atoms with E-state index in [1.807, 2.05) is 11.6 Å². The molecule has 1 aromatic heterocycles. The number of carbonyl (C=O) groups excluding carboxylic acids is 2. The fourth-order valence-corrected chi connectivity index (χ4v) is 3.25. The average molecular weight is 291 g/mol. The molecule has 1 atom stereocenters. The van der Waals surface area contributed by atoms with Gasteiger partial charge in [-0.25, -0.2) is 0 Å². The monoisotopic (exact) mass is 291 g/mol. The first-order chi connectivity index (χ1) is 10.2. The lowest BCUT2D eigenvalue weighted by molar-refractivity contribution is -0.141. The summed E-state index contributed by atoms with van der Waals surface area (Å²) in [4.78, 5) is 25.9. The molecule has 1 unspecified atom stereocenters. The van der Waals surface area contributed by atoms with Gasteiger partial charge in [0.15, 0.2) is 0 Å². The summed E-state index contributed by atoms with van der Waals surface area (Å²) in [6, 6.07) is -0.234. The lowest BCUT2D eigenvalue weighted by Crippen LogP contribution is -2.43. The van der Waals surface area contributed by atoms with Crippen LogP contribution in [-0.4, -0.2) is 50.1 Å². The molecular formula is C14H21N5O2. The minimum Gasteiger partial charge on any atom is -0.321 e. The number of imide groups is 1. The Bertz CT molecular complexity index is 535. The van der Waals surface area contributed by atoms with Crippen molar-refractivity contribution in [2.45, 2.75) is 50.6 Å². The van der Waals surface area contributed by atoms with Gasteiger partial charge < -0.3 is 9.88 Å². The molecule has 1 aromatic rings. The van der Waals surface area contributed by atoms with Crippen LogP contribution in [0.4, 0.5) is 0 Å². The van der Waals surface area contributed by atoms with Crippen LogP contribution in [-0.2, 0) is 23.1 Å². The second-order valence-corrected chi connectivity index (χ2v) is 5.86. The zero-order valence-electron chi connectivity index (χ0n) is 12.3. The molecule has 2 aliphatic rings. The minimum atomic E-state index is -0.369. The molecule has 1 saturated carbocycles. The molecule has 7 nitrogen and oxygen atoms in total. The number of amides is 2. The van der Waals surface area contributed by atoms with E-state index in [-0.39, 0.29) is 30.3 Å². The maximum Gasteiger partial charge on any atom is 0.247 e. The van der Waals surface area contributed by atoms with E-state index in [0.717, 1.165) is 31.5 Å². The first-order valence-electron chi connectivity index (χ1n) is 7.59. The Balaban J connectivity index is 1.53. The van der Waals surface area contributed by atoms with E-state index in [1.54, 1.807) is 6.33 Å². The molecule has 0 spiro atoms. The number of aromatic nitrogens is 3. The highest BCUT2D eigenvalue weighted by molar-refractivity contribution is 6.05. The molecule has 0 bridgehead atoms. The van der Waals surface area contributed by atoms with Gasteiger partial charge in [-0.05, 0) is 12.8 Å². The van der Waals surface area contributed by atoms with Crippen molar-refractivity contribution in [1.29, 1.82) is 0 Å². The van der Waals surface area contributed by atoms with Gasteiger partial charge in [0.2, 0.25) is 11.8 Å². The number of nitrogens with zero attached hydrogens (tertiary/aromatic N) is 4. The molecule has 3 rings (SSSR count). The average Bonchev–Trinajstić information content (AvgIpc) is 3.14. The highest BCUT2D eigenvalue weighted by Crippen LogP contribution is 2.28. The van der Waals surface area contributed by atoms with E-state index < -0.39 is 0 Å². The highest BCUT2D eigenvalue weighted by atomic mass is 16.2. The summed E-state index contributed by atoms with van der Waals surface area (Å²) in [7, 11) is 1.89. The van der Waals surface area contributed by atoms with E-state index in [9.17, 15) is 9.59 Å². The van der Waals surface area contributed by atoms with Crippen LogP contribution in [0.25, 0.3) is 0 Å². The van der Waals surface area contributed by atoms with Crippen LogP contribution in [0.5, 0.6) is 0 Å². The van der Waals surface area contributed by atoms with Gasteiger partial charge in [0.05, 0.1) is 12.5 Å². The minimum absolute atomic E-state index is 0.0249. The Kier molecular flexibility index (Phi) is 4.01. The maximum absolute atomic E-state index is 12.4. The van der Waals surface area contributed by atoms with E-state index in [2.05, 4.69) is 15.5 Å². The predicted octanol–water partition coefficient (Wildman–Crippen LogP) is 0.0173. The third kappa shape index (κ3) is 2.83. The molecule has 1 aliphatic heterocycles. The normalized spacial score (nSPS) is 23.5.